The molecule has 0 fully saturated rings. The zero-order chi connectivity index (χ0) is 12.8. The van der Waals surface area contributed by atoms with Crippen LogP contribution in [-0.2, 0) is 0 Å². The van der Waals surface area contributed by atoms with E-state index in [1.165, 1.54) is 25.7 Å². The minimum atomic E-state index is -0.483. The monoisotopic (exact) mass is 250 g/mol. The average molecular weight is 250 g/mol. The summed E-state index contributed by atoms with van der Waals surface area (Å²) < 4.78 is 11.1. The fourth-order valence-electron chi connectivity index (χ4n) is 2.16. The van der Waals surface area contributed by atoms with E-state index in [2.05, 4.69) is 6.92 Å². The van der Waals surface area contributed by atoms with Gasteiger partial charge in [0.25, 0.3) is 0 Å². The number of rotatable bonds is 7. The number of fused-ring (bicyclic) bond motifs is 1. The zero-order valence-corrected chi connectivity index (χ0v) is 11.0. The maximum atomic E-state index is 9.60. The highest BCUT2D eigenvalue weighted by Gasteiger charge is 2.21. The highest BCUT2D eigenvalue weighted by atomic mass is 16.5. The second-order valence-electron chi connectivity index (χ2n) is 4.79. The van der Waals surface area contributed by atoms with Crippen LogP contribution in [0.2, 0.25) is 0 Å². The van der Waals surface area contributed by atoms with E-state index in [-0.39, 0.29) is 0 Å². The lowest BCUT2D eigenvalue weighted by Crippen LogP contribution is -1.97. The predicted octanol–water partition coefficient (Wildman–Crippen LogP) is 3.46. The van der Waals surface area contributed by atoms with Crippen molar-refractivity contribution in [1.29, 1.82) is 0 Å². The summed E-state index contributed by atoms with van der Waals surface area (Å²) in [6, 6.07) is 5.67. The van der Waals surface area contributed by atoms with Gasteiger partial charge in [-0.25, -0.2) is 0 Å². The summed E-state index contributed by atoms with van der Waals surface area (Å²) in [5, 5.41) is 9.60. The Morgan fingerprint density at radius 1 is 1.28 bits per heavy atom. The van der Waals surface area contributed by atoms with Crippen LogP contribution in [-0.4, -0.2) is 18.3 Å². The molecule has 0 bridgehead atoms. The second kappa shape index (κ2) is 6.64. The summed E-state index contributed by atoms with van der Waals surface area (Å²) in [5.41, 5.74) is 0.866. The number of unbranched alkanes of at least 4 members (excludes halogenated alkanes) is 4. The molecule has 1 heterocycles. The maximum Gasteiger partial charge on any atom is 0.129 e. The Bertz CT molecular complexity index is 376. The number of hydrogen-bond acceptors (Lipinski definition) is 3. The van der Waals surface area contributed by atoms with Gasteiger partial charge < -0.3 is 14.6 Å². The molecular weight excluding hydrogens is 228 g/mol. The maximum absolute atomic E-state index is 9.60. The van der Waals surface area contributed by atoms with Gasteiger partial charge in [-0.05, 0) is 18.6 Å². The minimum Gasteiger partial charge on any atom is -0.493 e. The second-order valence-corrected chi connectivity index (χ2v) is 4.79. The number of aliphatic hydroxyl groups is 1. The van der Waals surface area contributed by atoms with Crippen LogP contribution in [0.1, 0.15) is 50.7 Å². The van der Waals surface area contributed by atoms with Crippen molar-refractivity contribution >= 4 is 0 Å². The van der Waals surface area contributed by atoms with Crippen LogP contribution in [0.15, 0.2) is 18.2 Å². The third-order valence-corrected chi connectivity index (χ3v) is 3.26. The van der Waals surface area contributed by atoms with Gasteiger partial charge in [-0.1, -0.05) is 32.6 Å². The van der Waals surface area contributed by atoms with E-state index >= 15 is 0 Å². The van der Waals surface area contributed by atoms with E-state index in [1.54, 1.807) is 0 Å². The first-order valence-electron chi connectivity index (χ1n) is 6.89. The van der Waals surface area contributed by atoms with Crippen molar-refractivity contribution in [2.75, 3.05) is 13.2 Å². The molecule has 1 aromatic carbocycles. The highest BCUT2D eigenvalue weighted by molar-refractivity contribution is 5.44. The van der Waals surface area contributed by atoms with Gasteiger partial charge in [0.2, 0.25) is 0 Å². The van der Waals surface area contributed by atoms with Gasteiger partial charge in [0.05, 0.1) is 6.61 Å². The van der Waals surface area contributed by atoms with Crippen molar-refractivity contribution in [2.24, 2.45) is 0 Å². The fraction of sp³-hybridized carbons (Fsp3) is 0.600. The topological polar surface area (TPSA) is 38.7 Å². The predicted molar refractivity (Wildman–Crippen MR) is 71.2 cm³/mol. The number of aliphatic hydroxyl groups excluding tert-OH is 1. The molecule has 3 heteroatoms. The Labute approximate surface area is 109 Å². The Balaban J connectivity index is 1.74. The first kappa shape index (κ1) is 13.2. The molecule has 1 aliphatic heterocycles. The van der Waals surface area contributed by atoms with E-state index in [0.717, 1.165) is 30.1 Å². The molecule has 1 unspecified atom stereocenters. The Hall–Kier alpha value is -1.22. The molecule has 0 saturated heterocycles. The molecule has 0 radical (unpaired) electrons. The first-order valence-corrected chi connectivity index (χ1v) is 6.89. The molecule has 0 saturated carbocycles. The summed E-state index contributed by atoms with van der Waals surface area (Å²) in [5.74, 6) is 1.59. The molecule has 1 atom stereocenters. The summed E-state index contributed by atoms with van der Waals surface area (Å²) in [7, 11) is 0. The quantitative estimate of drug-likeness (QED) is 0.753. The van der Waals surface area contributed by atoms with Gasteiger partial charge in [-0.15, -0.1) is 0 Å². The summed E-state index contributed by atoms with van der Waals surface area (Å²) in [6.45, 7) is 3.33. The van der Waals surface area contributed by atoms with Crippen LogP contribution in [0, 0.1) is 0 Å². The number of ether oxygens (including phenoxy) is 2. The van der Waals surface area contributed by atoms with Crippen molar-refractivity contribution in [2.45, 2.75) is 45.1 Å². The third kappa shape index (κ3) is 3.39. The smallest absolute Gasteiger partial charge is 0.129 e. The van der Waals surface area contributed by atoms with Crippen molar-refractivity contribution < 1.29 is 14.6 Å². The van der Waals surface area contributed by atoms with Gasteiger partial charge in [0.1, 0.15) is 24.2 Å². The van der Waals surface area contributed by atoms with Crippen LogP contribution in [0.4, 0.5) is 0 Å². The molecule has 0 aliphatic carbocycles. The van der Waals surface area contributed by atoms with Crippen molar-refractivity contribution in [3.05, 3.63) is 23.8 Å². The van der Waals surface area contributed by atoms with Crippen LogP contribution in [0.3, 0.4) is 0 Å². The summed E-state index contributed by atoms with van der Waals surface area (Å²) >= 11 is 0. The minimum absolute atomic E-state index is 0.357. The third-order valence-electron chi connectivity index (χ3n) is 3.26. The van der Waals surface area contributed by atoms with Crippen LogP contribution < -0.4 is 9.47 Å². The van der Waals surface area contributed by atoms with E-state index < -0.39 is 6.10 Å². The van der Waals surface area contributed by atoms with Crippen LogP contribution in [0.5, 0.6) is 11.5 Å². The van der Waals surface area contributed by atoms with Gasteiger partial charge >= 0.3 is 0 Å². The van der Waals surface area contributed by atoms with Crippen molar-refractivity contribution in [3.8, 4) is 11.5 Å². The Morgan fingerprint density at radius 3 is 2.94 bits per heavy atom. The molecule has 2 rings (SSSR count). The van der Waals surface area contributed by atoms with E-state index in [4.69, 9.17) is 9.47 Å². The Morgan fingerprint density at radius 2 is 2.11 bits per heavy atom. The van der Waals surface area contributed by atoms with E-state index in [9.17, 15) is 5.11 Å². The van der Waals surface area contributed by atoms with Gasteiger partial charge in [0.15, 0.2) is 0 Å². The highest BCUT2D eigenvalue weighted by Crippen LogP contribution is 2.35. The van der Waals surface area contributed by atoms with Gasteiger partial charge in [0, 0.05) is 11.6 Å². The molecule has 1 aromatic rings. The number of benzene rings is 1. The van der Waals surface area contributed by atoms with Crippen LogP contribution >= 0.6 is 0 Å². The zero-order valence-electron chi connectivity index (χ0n) is 11.0. The molecular formula is C15H22O3. The van der Waals surface area contributed by atoms with Gasteiger partial charge in [-0.3, -0.25) is 0 Å². The van der Waals surface area contributed by atoms with E-state index in [0.29, 0.717) is 6.61 Å². The lowest BCUT2D eigenvalue weighted by Gasteiger charge is -2.07. The first-order chi connectivity index (χ1) is 8.81. The molecule has 18 heavy (non-hydrogen) atoms. The number of hydrogen-bond donors (Lipinski definition) is 1. The normalized spacial score (nSPS) is 17.3. The average Bonchev–Trinajstić information content (AvgIpc) is 2.75. The fourth-order valence-corrected chi connectivity index (χ4v) is 2.16. The lowest BCUT2D eigenvalue weighted by molar-refractivity contribution is 0.140. The van der Waals surface area contributed by atoms with Crippen LogP contribution in [0.25, 0.3) is 0 Å². The largest absolute Gasteiger partial charge is 0.493 e. The van der Waals surface area contributed by atoms with Crippen molar-refractivity contribution in [3.63, 3.8) is 0 Å². The molecule has 0 spiro atoms. The lowest BCUT2D eigenvalue weighted by atomic mass is 10.1. The molecule has 1 aliphatic rings. The molecule has 3 nitrogen and oxygen atoms in total. The molecule has 100 valence electrons. The van der Waals surface area contributed by atoms with E-state index in [1.807, 2.05) is 18.2 Å². The van der Waals surface area contributed by atoms with Crippen molar-refractivity contribution in [1.82, 2.24) is 0 Å². The molecule has 0 amide bonds. The molecule has 0 aromatic heterocycles. The summed E-state index contributed by atoms with van der Waals surface area (Å²) in [4.78, 5) is 0. The SMILES string of the molecule is CCCCCCCOc1ccc2c(c1)OCC2O. The van der Waals surface area contributed by atoms with Gasteiger partial charge in [-0.2, -0.15) is 0 Å². The summed E-state index contributed by atoms with van der Waals surface area (Å²) in [6.07, 6.45) is 5.71. The standard InChI is InChI=1S/C15H22O3/c1-2-3-4-5-6-9-17-12-7-8-13-14(16)11-18-15(13)10-12/h7-8,10,14,16H,2-6,9,11H2,1H3. The Kier molecular flexibility index (Phi) is 4.88. The molecule has 1 N–H and O–H groups in total.